The van der Waals surface area contributed by atoms with Crippen LogP contribution in [0.25, 0.3) is 0 Å². The SMILES string of the molecule is CC1CC(=O)OC(=O)O1. The van der Waals surface area contributed by atoms with Crippen molar-refractivity contribution in [1.29, 1.82) is 0 Å². The molecule has 0 spiro atoms. The fourth-order valence-electron chi connectivity index (χ4n) is 0.599. The van der Waals surface area contributed by atoms with Crippen molar-refractivity contribution in [3.05, 3.63) is 0 Å². The van der Waals surface area contributed by atoms with Crippen LogP contribution in [-0.2, 0) is 14.3 Å². The van der Waals surface area contributed by atoms with Gasteiger partial charge < -0.3 is 9.47 Å². The lowest BCUT2D eigenvalue weighted by Gasteiger charge is -2.15. The molecule has 1 saturated heterocycles. The molecule has 1 aliphatic rings. The molecule has 4 nitrogen and oxygen atoms in total. The first kappa shape index (κ1) is 6.07. The molecule has 0 bridgehead atoms. The molecular weight excluding hydrogens is 124 g/mol. The minimum atomic E-state index is -0.890. The molecule has 0 aliphatic carbocycles. The van der Waals surface area contributed by atoms with Crippen LogP contribution in [0.4, 0.5) is 4.79 Å². The largest absolute Gasteiger partial charge is 0.516 e. The summed E-state index contributed by atoms with van der Waals surface area (Å²) in [6.07, 6.45) is -1.07. The zero-order chi connectivity index (χ0) is 6.85. The van der Waals surface area contributed by atoms with E-state index in [1.165, 1.54) is 0 Å². The second kappa shape index (κ2) is 2.05. The average molecular weight is 130 g/mol. The van der Waals surface area contributed by atoms with E-state index in [1.54, 1.807) is 6.92 Å². The summed E-state index contributed by atoms with van der Waals surface area (Å²) in [4.78, 5) is 20.6. The lowest BCUT2D eigenvalue weighted by atomic mass is 10.3. The summed E-state index contributed by atoms with van der Waals surface area (Å²) in [5.41, 5.74) is 0. The fraction of sp³-hybridized carbons (Fsp3) is 0.600. The number of ether oxygens (including phenoxy) is 2. The lowest BCUT2D eigenvalue weighted by Crippen LogP contribution is -2.28. The van der Waals surface area contributed by atoms with E-state index in [0.717, 1.165) is 0 Å². The molecule has 1 unspecified atom stereocenters. The molecule has 0 aromatic rings. The smallest absolute Gasteiger partial charge is 0.430 e. The van der Waals surface area contributed by atoms with Gasteiger partial charge in [-0.1, -0.05) is 0 Å². The van der Waals surface area contributed by atoms with Gasteiger partial charge in [-0.05, 0) is 6.92 Å². The molecule has 1 aliphatic heterocycles. The average Bonchev–Trinajstić information content (AvgIpc) is 1.59. The molecule has 0 amide bonds. The molecule has 1 atom stereocenters. The van der Waals surface area contributed by atoms with Gasteiger partial charge in [0, 0.05) is 0 Å². The summed E-state index contributed by atoms with van der Waals surface area (Å²) in [7, 11) is 0. The number of cyclic esters (lactones) is 3. The fourth-order valence-corrected chi connectivity index (χ4v) is 0.599. The molecular formula is C5H6O4. The quantitative estimate of drug-likeness (QED) is 0.353. The standard InChI is InChI=1S/C5H6O4/c1-3-2-4(6)9-5(7)8-3/h3H,2H2,1H3. The van der Waals surface area contributed by atoms with Crippen LogP contribution in [0.5, 0.6) is 0 Å². The Balaban J connectivity index is 2.53. The second-order valence-corrected chi connectivity index (χ2v) is 1.86. The number of hydrogen-bond donors (Lipinski definition) is 0. The molecule has 0 aromatic carbocycles. The van der Waals surface area contributed by atoms with Gasteiger partial charge in [0.15, 0.2) is 0 Å². The molecule has 0 aromatic heterocycles. The van der Waals surface area contributed by atoms with Gasteiger partial charge in [-0.2, -0.15) is 0 Å². The molecule has 1 rings (SSSR count). The zero-order valence-electron chi connectivity index (χ0n) is 4.92. The van der Waals surface area contributed by atoms with Gasteiger partial charge in [0.1, 0.15) is 6.10 Å². The van der Waals surface area contributed by atoms with Crippen LogP contribution < -0.4 is 0 Å². The third-order valence-corrected chi connectivity index (χ3v) is 0.949. The van der Waals surface area contributed by atoms with E-state index < -0.39 is 12.1 Å². The Kier molecular flexibility index (Phi) is 1.38. The van der Waals surface area contributed by atoms with Crippen LogP contribution in [0.1, 0.15) is 13.3 Å². The van der Waals surface area contributed by atoms with E-state index in [0.29, 0.717) is 0 Å². The summed E-state index contributed by atoms with van der Waals surface area (Å²) in [6, 6.07) is 0. The Morgan fingerprint density at radius 3 is 2.67 bits per heavy atom. The van der Waals surface area contributed by atoms with E-state index in [9.17, 15) is 9.59 Å². The first-order chi connectivity index (χ1) is 4.18. The summed E-state index contributed by atoms with van der Waals surface area (Å²) in [5, 5.41) is 0. The minimum Gasteiger partial charge on any atom is -0.430 e. The first-order valence-electron chi connectivity index (χ1n) is 2.60. The summed E-state index contributed by atoms with van der Waals surface area (Å²) >= 11 is 0. The van der Waals surface area contributed by atoms with Crippen molar-refractivity contribution in [2.75, 3.05) is 0 Å². The molecule has 1 heterocycles. The summed E-state index contributed by atoms with van der Waals surface area (Å²) in [6.45, 7) is 1.64. The van der Waals surface area contributed by atoms with Gasteiger partial charge in [-0.3, -0.25) is 4.79 Å². The van der Waals surface area contributed by atoms with Gasteiger partial charge in [0.2, 0.25) is 0 Å². The van der Waals surface area contributed by atoms with Gasteiger partial charge in [0.05, 0.1) is 6.42 Å². The number of carbonyl (C=O) groups is 2. The van der Waals surface area contributed by atoms with Crippen molar-refractivity contribution < 1.29 is 19.1 Å². The van der Waals surface area contributed by atoms with Crippen molar-refractivity contribution in [2.24, 2.45) is 0 Å². The molecule has 0 saturated carbocycles. The number of carbonyl (C=O) groups excluding carboxylic acids is 2. The molecule has 50 valence electrons. The summed E-state index contributed by atoms with van der Waals surface area (Å²) < 4.78 is 8.53. The maximum Gasteiger partial charge on any atom is 0.516 e. The normalized spacial score (nSPS) is 27.0. The molecule has 0 radical (unpaired) electrons. The van der Waals surface area contributed by atoms with Gasteiger partial charge >= 0.3 is 12.1 Å². The van der Waals surface area contributed by atoms with E-state index >= 15 is 0 Å². The van der Waals surface area contributed by atoms with E-state index in [1.807, 2.05) is 0 Å². The highest BCUT2D eigenvalue weighted by Crippen LogP contribution is 2.07. The van der Waals surface area contributed by atoms with Crippen molar-refractivity contribution >= 4 is 12.1 Å². The Morgan fingerprint density at radius 1 is 1.56 bits per heavy atom. The minimum absolute atomic E-state index is 0.158. The van der Waals surface area contributed by atoms with Crippen LogP contribution in [0.2, 0.25) is 0 Å². The van der Waals surface area contributed by atoms with E-state index in [-0.39, 0.29) is 12.5 Å². The highest BCUT2D eigenvalue weighted by atomic mass is 16.8. The highest BCUT2D eigenvalue weighted by Gasteiger charge is 2.24. The van der Waals surface area contributed by atoms with Crippen molar-refractivity contribution in [1.82, 2.24) is 0 Å². The lowest BCUT2D eigenvalue weighted by molar-refractivity contribution is -0.148. The number of hydrogen-bond acceptors (Lipinski definition) is 4. The predicted molar refractivity (Wildman–Crippen MR) is 26.7 cm³/mol. The summed E-state index contributed by atoms with van der Waals surface area (Å²) in [5.74, 6) is -0.515. The zero-order valence-corrected chi connectivity index (χ0v) is 4.92. The first-order valence-corrected chi connectivity index (χ1v) is 2.60. The topological polar surface area (TPSA) is 52.6 Å². The van der Waals surface area contributed by atoms with Crippen molar-refractivity contribution in [2.45, 2.75) is 19.4 Å². The number of esters is 1. The van der Waals surface area contributed by atoms with Gasteiger partial charge in [-0.15, -0.1) is 0 Å². The van der Waals surface area contributed by atoms with E-state index in [4.69, 9.17) is 0 Å². The Morgan fingerprint density at radius 2 is 2.22 bits per heavy atom. The third kappa shape index (κ3) is 1.42. The van der Waals surface area contributed by atoms with E-state index in [2.05, 4.69) is 9.47 Å². The molecule has 4 heteroatoms. The monoisotopic (exact) mass is 130 g/mol. The van der Waals surface area contributed by atoms with Gasteiger partial charge in [0.25, 0.3) is 0 Å². The van der Waals surface area contributed by atoms with Crippen molar-refractivity contribution in [3.8, 4) is 0 Å². The maximum atomic E-state index is 10.4. The van der Waals surface area contributed by atoms with Crippen LogP contribution in [0.3, 0.4) is 0 Å². The third-order valence-electron chi connectivity index (χ3n) is 0.949. The van der Waals surface area contributed by atoms with Crippen molar-refractivity contribution in [3.63, 3.8) is 0 Å². The second-order valence-electron chi connectivity index (χ2n) is 1.86. The predicted octanol–water partition coefficient (Wildman–Crippen LogP) is 0.458. The van der Waals surface area contributed by atoms with Crippen LogP contribution in [-0.4, -0.2) is 18.2 Å². The Labute approximate surface area is 51.7 Å². The molecule has 9 heavy (non-hydrogen) atoms. The van der Waals surface area contributed by atoms with Crippen LogP contribution in [0.15, 0.2) is 0 Å². The molecule has 1 fully saturated rings. The maximum absolute atomic E-state index is 10.4. The Hall–Kier alpha value is -1.06. The highest BCUT2D eigenvalue weighted by molar-refractivity contribution is 5.84. The molecule has 0 N–H and O–H groups in total. The van der Waals surface area contributed by atoms with Crippen LogP contribution in [0, 0.1) is 0 Å². The van der Waals surface area contributed by atoms with Gasteiger partial charge in [-0.25, -0.2) is 4.79 Å². The number of rotatable bonds is 0. The van der Waals surface area contributed by atoms with Crippen LogP contribution >= 0.6 is 0 Å². The Bertz CT molecular complexity index is 135.